The van der Waals surface area contributed by atoms with Crippen molar-refractivity contribution < 1.29 is 14.3 Å². The van der Waals surface area contributed by atoms with Crippen LogP contribution >= 0.6 is 11.6 Å². The summed E-state index contributed by atoms with van der Waals surface area (Å²) in [5.41, 5.74) is 0.826. The fourth-order valence-electron chi connectivity index (χ4n) is 1.82. The first-order valence-electron chi connectivity index (χ1n) is 6.17. The Balaban J connectivity index is 2.34. The van der Waals surface area contributed by atoms with Crippen molar-refractivity contribution in [3.05, 3.63) is 41.5 Å². The average molecular weight is 293 g/mol. The smallest absolute Gasteiger partial charge is 0.339 e. The highest BCUT2D eigenvalue weighted by atomic mass is 35.5. The number of H-pyrrole nitrogens is 1. The van der Waals surface area contributed by atoms with Crippen LogP contribution in [-0.2, 0) is 14.3 Å². The second-order valence-electron chi connectivity index (χ2n) is 4.15. The maximum Gasteiger partial charge on any atom is 0.339 e. The second-order valence-corrected chi connectivity index (χ2v) is 4.59. The minimum Gasteiger partial charge on any atom is -0.462 e. The highest BCUT2D eigenvalue weighted by molar-refractivity contribution is 6.31. The first-order valence-corrected chi connectivity index (χ1v) is 6.60. The van der Waals surface area contributed by atoms with Crippen LogP contribution < -0.4 is 0 Å². The van der Waals surface area contributed by atoms with E-state index in [0.717, 1.165) is 0 Å². The second kappa shape index (κ2) is 6.37. The van der Waals surface area contributed by atoms with Gasteiger partial charge < -0.3 is 9.72 Å². The van der Waals surface area contributed by atoms with Crippen LogP contribution in [0.1, 0.15) is 19.2 Å². The molecule has 0 fully saturated rings. The van der Waals surface area contributed by atoms with E-state index >= 15 is 0 Å². The average Bonchev–Trinajstić information content (AvgIpc) is 2.98. The van der Waals surface area contributed by atoms with Crippen molar-refractivity contribution in [2.24, 2.45) is 0 Å². The number of allylic oxidation sites excluding steroid dienone is 3. The molecule has 0 aliphatic heterocycles. The van der Waals surface area contributed by atoms with Gasteiger partial charge in [-0.15, -0.1) is 11.6 Å². The van der Waals surface area contributed by atoms with Crippen molar-refractivity contribution >= 4 is 29.1 Å². The minimum atomic E-state index is -0.784. The van der Waals surface area contributed by atoms with E-state index in [0.29, 0.717) is 24.4 Å². The van der Waals surface area contributed by atoms with Crippen molar-refractivity contribution in [2.75, 3.05) is 6.61 Å². The lowest BCUT2D eigenvalue weighted by molar-refractivity contribution is -0.138. The molecule has 0 amide bonds. The molecule has 0 saturated carbocycles. The first kappa shape index (κ1) is 14.3. The molecule has 5 nitrogen and oxygen atoms in total. The molecular weight excluding hydrogens is 280 g/mol. The third-order valence-corrected chi connectivity index (χ3v) is 3.24. The van der Waals surface area contributed by atoms with E-state index in [9.17, 15) is 9.59 Å². The van der Waals surface area contributed by atoms with E-state index in [1.54, 1.807) is 24.4 Å². The fraction of sp³-hybridized carbons (Fsp3) is 0.286. The lowest BCUT2D eigenvalue weighted by atomic mass is 9.93. The van der Waals surface area contributed by atoms with Gasteiger partial charge in [0, 0.05) is 18.0 Å². The van der Waals surface area contributed by atoms with Gasteiger partial charge in [0.25, 0.3) is 0 Å². The quantitative estimate of drug-likeness (QED) is 0.524. The van der Waals surface area contributed by atoms with Gasteiger partial charge in [0.05, 0.1) is 23.1 Å². The van der Waals surface area contributed by atoms with Crippen molar-refractivity contribution in [2.45, 2.75) is 18.7 Å². The SMILES string of the molecule is CCCOC(=O)C1=CC=C(c2ncc[nH]2)C(Cl)C1=C=O. The molecule has 0 radical (unpaired) electrons. The summed E-state index contributed by atoms with van der Waals surface area (Å²) < 4.78 is 5.02. The lowest BCUT2D eigenvalue weighted by Crippen LogP contribution is -2.20. The Morgan fingerprint density at radius 1 is 1.55 bits per heavy atom. The van der Waals surface area contributed by atoms with Crippen LogP contribution in [0.5, 0.6) is 0 Å². The molecule has 6 heteroatoms. The number of esters is 1. The normalized spacial score (nSPS) is 18.1. The Labute approximate surface area is 121 Å². The largest absolute Gasteiger partial charge is 0.462 e. The van der Waals surface area contributed by atoms with Crippen molar-refractivity contribution in [3.8, 4) is 0 Å². The monoisotopic (exact) mass is 292 g/mol. The summed E-state index contributed by atoms with van der Waals surface area (Å²) in [5, 5.41) is -0.784. The lowest BCUT2D eigenvalue weighted by Gasteiger charge is -2.19. The number of nitrogens with one attached hydrogen (secondary N) is 1. The van der Waals surface area contributed by atoms with Crippen molar-refractivity contribution in [1.29, 1.82) is 0 Å². The molecule has 1 unspecified atom stereocenters. The Morgan fingerprint density at radius 3 is 2.95 bits per heavy atom. The Kier molecular flexibility index (Phi) is 4.56. The van der Waals surface area contributed by atoms with Crippen LogP contribution in [0, 0.1) is 0 Å². The summed E-state index contributed by atoms with van der Waals surface area (Å²) in [6.07, 6.45) is 7.10. The summed E-state index contributed by atoms with van der Waals surface area (Å²) in [7, 11) is 0. The van der Waals surface area contributed by atoms with Gasteiger partial charge in [-0.05, 0) is 12.5 Å². The number of imidazole rings is 1. The topological polar surface area (TPSA) is 72.0 Å². The molecule has 1 aliphatic rings. The molecule has 1 heterocycles. The summed E-state index contributed by atoms with van der Waals surface area (Å²) in [6, 6.07) is 0. The molecule has 0 aromatic carbocycles. The number of ether oxygens (including phenoxy) is 1. The molecule has 1 aliphatic carbocycles. The van der Waals surface area contributed by atoms with Gasteiger partial charge in [0.1, 0.15) is 11.8 Å². The molecular formula is C14H13ClN2O3. The fourth-order valence-corrected chi connectivity index (χ4v) is 2.16. The zero-order valence-corrected chi connectivity index (χ0v) is 11.6. The third kappa shape index (κ3) is 2.74. The van der Waals surface area contributed by atoms with E-state index in [1.807, 2.05) is 6.92 Å². The highest BCUT2D eigenvalue weighted by Gasteiger charge is 2.30. The number of halogens is 1. The molecule has 0 spiro atoms. The summed E-state index contributed by atoms with van der Waals surface area (Å²) >= 11 is 6.24. The summed E-state index contributed by atoms with van der Waals surface area (Å²) in [5.74, 6) is 1.72. The molecule has 1 N–H and O–H groups in total. The van der Waals surface area contributed by atoms with E-state index in [1.165, 1.54) is 6.08 Å². The molecule has 2 rings (SSSR count). The van der Waals surface area contributed by atoms with Gasteiger partial charge in [-0.25, -0.2) is 14.6 Å². The molecule has 1 aromatic rings. The Bertz CT molecular complexity index is 610. The number of nitrogens with zero attached hydrogens (tertiary/aromatic N) is 1. The molecule has 1 aromatic heterocycles. The standard InChI is InChI=1S/C14H13ClN2O3/c1-2-7-20-14(19)9-3-4-10(12(15)11(9)8-18)13-16-5-6-17-13/h3-6,12H,2,7H2,1H3,(H,16,17). The molecule has 20 heavy (non-hydrogen) atoms. The van der Waals surface area contributed by atoms with Crippen LogP contribution in [0.25, 0.3) is 5.57 Å². The van der Waals surface area contributed by atoms with E-state index in [-0.39, 0.29) is 11.1 Å². The maximum atomic E-state index is 11.9. The number of rotatable bonds is 4. The van der Waals surface area contributed by atoms with Crippen LogP contribution in [0.3, 0.4) is 0 Å². The molecule has 1 atom stereocenters. The zero-order chi connectivity index (χ0) is 14.5. The number of alkyl halides is 1. The van der Waals surface area contributed by atoms with Gasteiger partial charge in [0.15, 0.2) is 0 Å². The molecule has 0 bridgehead atoms. The first-order chi connectivity index (χ1) is 9.69. The van der Waals surface area contributed by atoms with E-state index in [4.69, 9.17) is 16.3 Å². The van der Waals surface area contributed by atoms with Crippen LogP contribution in [0.15, 0.2) is 35.7 Å². The number of carbonyl (C=O) groups is 1. The van der Waals surface area contributed by atoms with Crippen LogP contribution in [0.4, 0.5) is 0 Å². The summed E-state index contributed by atoms with van der Waals surface area (Å²) in [4.78, 5) is 30.0. The number of hydrogen-bond donors (Lipinski definition) is 1. The number of carbonyl (C=O) groups excluding carboxylic acids is 2. The number of aromatic amines is 1. The number of hydrogen-bond acceptors (Lipinski definition) is 4. The highest BCUT2D eigenvalue weighted by Crippen LogP contribution is 2.33. The Morgan fingerprint density at radius 2 is 2.35 bits per heavy atom. The van der Waals surface area contributed by atoms with Crippen LogP contribution in [0.2, 0.25) is 0 Å². The maximum absolute atomic E-state index is 11.9. The van der Waals surface area contributed by atoms with Gasteiger partial charge in [-0.2, -0.15) is 0 Å². The minimum absolute atomic E-state index is 0.0710. The van der Waals surface area contributed by atoms with Crippen molar-refractivity contribution in [3.63, 3.8) is 0 Å². The van der Waals surface area contributed by atoms with Gasteiger partial charge in [0.2, 0.25) is 0 Å². The number of aromatic nitrogens is 2. The molecule has 0 saturated heterocycles. The van der Waals surface area contributed by atoms with Gasteiger partial charge in [-0.1, -0.05) is 13.0 Å². The third-order valence-electron chi connectivity index (χ3n) is 2.79. The van der Waals surface area contributed by atoms with E-state index in [2.05, 4.69) is 9.97 Å². The van der Waals surface area contributed by atoms with Gasteiger partial charge in [-0.3, -0.25) is 0 Å². The summed E-state index contributed by atoms with van der Waals surface area (Å²) in [6.45, 7) is 2.18. The predicted molar refractivity (Wildman–Crippen MR) is 74.7 cm³/mol. The molecule has 104 valence electrons. The zero-order valence-electron chi connectivity index (χ0n) is 10.9. The Hall–Kier alpha value is -2.10. The predicted octanol–water partition coefficient (Wildman–Crippen LogP) is 2.05. The van der Waals surface area contributed by atoms with E-state index < -0.39 is 11.3 Å². The van der Waals surface area contributed by atoms with Gasteiger partial charge >= 0.3 is 5.97 Å². The van der Waals surface area contributed by atoms with Crippen LogP contribution in [-0.4, -0.2) is 33.9 Å². The van der Waals surface area contributed by atoms with Crippen molar-refractivity contribution in [1.82, 2.24) is 9.97 Å².